The summed E-state index contributed by atoms with van der Waals surface area (Å²) in [5.74, 6) is -0.192. The predicted molar refractivity (Wildman–Crippen MR) is 69.6 cm³/mol. The predicted octanol–water partition coefficient (Wildman–Crippen LogP) is 2.10. The number of hydrogen-bond donors (Lipinski definition) is 0. The van der Waals surface area contributed by atoms with E-state index in [0.29, 0.717) is 5.57 Å². The molecular formula is C10H11IN2O2. The second-order valence-corrected chi connectivity index (χ2v) is 3.44. The van der Waals surface area contributed by atoms with Gasteiger partial charge in [0.25, 0.3) is 0 Å². The van der Waals surface area contributed by atoms with E-state index in [2.05, 4.69) is 16.6 Å². The maximum absolute atomic E-state index is 11.0. The number of rotatable bonds is 4. The summed E-state index contributed by atoms with van der Waals surface area (Å²) >= 11 is 1.62. The van der Waals surface area contributed by atoms with Gasteiger partial charge in [0.1, 0.15) is 0 Å². The molecule has 0 N–H and O–H groups in total. The van der Waals surface area contributed by atoms with Gasteiger partial charge in [0.15, 0.2) is 11.6 Å². The van der Waals surface area contributed by atoms with E-state index in [0.717, 1.165) is 0 Å². The summed E-state index contributed by atoms with van der Waals surface area (Å²) in [6.07, 6.45) is 4.13. The van der Waals surface area contributed by atoms with Crippen molar-refractivity contribution in [2.75, 3.05) is 0 Å². The van der Waals surface area contributed by atoms with Gasteiger partial charge in [0.2, 0.25) is 3.79 Å². The van der Waals surface area contributed by atoms with Crippen LogP contribution in [0.5, 0.6) is 0 Å². The highest BCUT2D eigenvalue weighted by Gasteiger charge is 2.03. The van der Waals surface area contributed by atoms with E-state index >= 15 is 0 Å². The molecule has 0 aromatic heterocycles. The zero-order chi connectivity index (χ0) is 11.8. The zero-order valence-electron chi connectivity index (χ0n) is 8.53. The number of halogens is 1. The van der Waals surface area contributed by atoms with E-state index in [1.807, 2.05) is 0 Å². The molecule has 15 heavy (non-hydrogen) atoms. The summed E-state index contributed by atoms with van der Waals surface area (Å²) in [6, 6.07) is 0. The summed E-state index contributed by atoms with van der Waals surface area (Å²) in [7, 11) is 0. The van der Waals surface area contributed by atoms with Gasteiger partial charge in [-0.05, 0) is 6.92 Å². The monoisotopic (exact) mass is 318 g/mol. The first kappa shape index (κ1) is 13.9. The van der Waals surface area contributed by atoms with Crippen LogP contribution in [0, 0.1) is 0 Å². The van der Waals surface area contributed by atoms with Crippen LogP contribution in [0.15, 0.2) is 34.4 Å². The normalized spacial score (nSPS) is 13.0. The molecular weight excluding hydrogens is 307 g/mol. The van der Waals surface area contributed by atoms with Crippen molar-refractivity contribution in [1.82, 2.24) is 0 Å². The molecule has 0 aliphatic heterocycles. The van der Waals surface area contributed by atoms with Crippen LogP contribution in [0.4, 0.5) is 0 Å². The molecule has 0 fully saturated rings. The molecule has 0 radical (unpaired) electrons. The SMILES string of the molecule is C=C\C(=C/N=C(\N=C\C)C(C)=O)C(=O)I. The fraction of sp³-hybridized carbons (Fsp3) is 0.200. The van der Waals surface area contributed by atoms with Crippen LogP contribution in [0.25, 0.3) is 0 Å². The quantitative estimate of drug-likeness (QED) is 0.199. The first-order valence-corrected chi connectivity index (χ1v) is 5.20. The Morgan fingerprint density at radius 1 is 1.40 bits per heavy atom. The molecule has 0 amide bonds. The number of hydrogen-bond acceptors (Lipinski definition) is 3. The van der Waals surface area contributed by atoms with Crippen LogP contribution in [-0.2, 0) is 9.59 Å². The Labute approximate surface area is 102 Å². The van der Waals surface area contributed by atoms with Gasteiger partial charge in [-0.2, -0.15) is 0 Å². The standard InChI is InChI=1S/C10H11IN2O2/c1-4-8(9(11)15)6-13-10(7(3)14)12-5-2/h4-6H,1H2,2-3H3/b8-6+,12-5+,13-10-. The molecule has 0 aromatic carbocycles. The lowest BCUT2D eigenvalue weighted by Crippen LogP contribution is -2.06. The van der Waals surface area contributed by atoms with Crippen molar-refractivity contribution in [2.45, 2.75) is 13.8 Å². The molecule has 0 heterocycles. The molecule has 0 aromatic rings. The molecule has 0 saturated carbocycles. The van der Waals surface area contributed by atoms with Gasteiger partial charge in [0.05, 0.1) is 0 Å². The third-order valence-electron chi connectivity index (χ3n) is 1.34. The number of nitrogens with zero attached hydrogens (tertiary/aromatic N) is 2. The van der Waals surface area contributed by atoms with Crippen molar-refractivity contribution in [1.29, 1.82) is 0 Å². The van der Waals surface area contributed by atoms with Crippen molar-refractivity contribution in [3.63, 3.8) is 0 Å². The van der Waals surface area contributed by atoms with Gasteiger partial charge in [-0.3, -0.25) is 9.59 Å². The van der Waals surface area contributed by atoms with E-state index in [1.165, 1.54) is 25.4 Å². The maximum atomic E-state index is 11.0. The van der Waals surface area contributed by atoms with E-state index in [-0.39, 0.29) is 15.4 Å². The Kier molecular flexibility index (Phi) is 6.68. The third-order valence-corrected chi connectivity index (χ3v) is 1.96. The molecule has 0 atom stereocenters. The van der Waals surface area contributed by atoms with Crippen LogP contribution in [0.1, 0.15) is 13.8 Å². The number of ketones is 1. The summed E-state index contributed by atoms with van der Waals surface area (Å²) < 4.78 is -0.185. The molecule has 0 rings (SSSR count). The molecule has 5 heteroatoms. The average molecular weight is 318 g/mol. The van der Waals surface area contributed by atoms with Crippen molar-refractivity contribution < 1.29 is 9.59 Å². The minimum atomic E-state index is -0.256. The number of aliphatic imine (C=N–C) groups is 2. The highest BCUT2D eigenvalue weighted by molar-refractivity contribution is 14.1. The Morgan fingerprint density at radius 2 is 2.00 bits per heavy atom. The largest absolute Gasteiger partial charge is 0.291 e. The van der Waals surface area contributed by atoms with Crippen molar-refractivity contribution >= 4 is 44.2 Å². The van der Waals surface area contributed by atoms with Crippen molar-refractivity contribution in [3.8, 4) is 0 Å². The van der Waals surface area contributed by atoms with Crippen LogP contribution >= 0.6 is 22.6 Å². The van der Waals surface area contributed by atoms with E-state index in [9.17, 15) is 9.59 Å². The molecule has 0 saturated heterocycles. The van der Waals surface area contributed by atoms with Gasteiger partial charge in [-0.1, -0.05) is 12.7 Å². The minimum absolute atomic E-state index is 0.0644. The summed E-state index contributed by atoms with van der Waals surface area (Å²) in [5.41, 5.74) is 0.334. The van der Waals surface area contributed by atoms with Crippen molar-refractivity contribution in [3.05, 3.63) is 24.4 Å². The molecule has 0 spiro atoms. The number of amidine groups is 1. The first-order valence-electron chi connectivity index (χ1n) is 4.12. The molecule has 80 valence electrons. The molecule has 0 unspecified atom stereocenters. The Balaban J connectivity index is 5.07. The molecule has 0 aliphatic carbocycles. The van der Waals surface area contributed by atoms with Gasteiger partial charge in [-0.25, -0.2) is 9.98 Å². The number of allylic oxidation sites excluding steroid dienone is 2. The highest BCUT2D eigenvalue weighted by atomic mass is 127. The summed E-state index contributed by atoms with van der Waals surface area (Å²) in [4.78, 5) is 29.6. The number of Topliss-reactive ketones (excluding diaryl/α,β-unsaturated/α-hetero) is 1. The minimum Gasteiger partial charge on any atom is -0.291 e. The number of carbonyl (C=O) groups is 2. The highest BCUT2D eigenvalue weighted by Crippen LogP contribution is 2.04. The smallest absolute Gasteiger partial charge is 0.223 e. The molecule has 0 bridgehead atoms. The fourth-order valence-corrected chi connectivity index (χ4v) is 1.01. The lowest BCUT2D eigenvalue weighted by atomic mass is 10.3. The third kappa shape index (κ3) is 5.36. The van der Waals surface area contributed by atoms with Crippen LogP contribution < -0.4 is 0 Å². The van der Waals surface area contributed by atoms with Gasteiger partial charge < -0.3 is 0 Å². The second-order valence-electron chi connectivity index (χ2n) is 2.46. The summed E-state index contributed by atoms with van der Waals surface area (Å²) in [6.45, 7) is 6.51. The van der Waals surface area contributed by atoms with Crippen LogP contribution in [-0.4, -0.2) is 21.6 Å². The Bertz CT molecular complexity index is 368. The first-order chi connectivity index (χ1) is 7.02. The van der Waals surface area contributed by atoms with Crippen LogP contribution in [0.2, 0.25) is 0 Å². The average Bonchev–Trinajstić information content (AvgIpc) is 2.16. The lowest BCUT2D eigenvalue weighted by molar-refractivity contribution is -0.111. The maximum Gasteiger partial charge on any atom is 0.223 e. The van der Waals surface area contributed by atoms with E-state index in [1.54, 1.807) is 29.5 Å². The van der Waals surface area contributed by atoms with Crippen molar-refractivity contribution in [2.24, 2.45) is 9.98 Å². The molecule has 0 aliphatic rings. The topological polar surface area (TPSA) is 58.9 Å². The zero-order valence-corrected chi connectivity index (χ0v) is 10.7. The Hall–Kier alpha value is -1.11. The van der Waals surface area contributed by atoms with Gasteiger partial charge in [0, 0.05) is 47.5 Å². The fourth-order valence-electron chi connectivity index (χ4n) is 0.652. The van der Waals surface area contributed by atoms with E-state index < -0.39 is 0 Å². The van der Waals surface area contributed by atoms with Gasteiger partial charge >= 0.3 is 0 Å². The summed E-state index contributed by atoms with van der Waals surface area (Å²) in [5, 5.41) is 0. The Morgan fingerprint density at radius 3 is 2.33 bits per heavy atom. The second kappa shape index (κ2) is 7.22. The van der Waals surface area contributed by atoms with E-state index in [4.69, 9.17) is 0 Å². The van der Waals surface area contributed by atoms with Gasteiger partial charge in [-0.15, -0.1) is 0 Å². The van der Waals surface area contributed by atoms with Crippen LogP contribution in [0.3, 0.4) is 0 Å². The number of carbonyl (C=O) groups excluding carboxylic acids is 2. The lowest BCUT2D eigenvalue weighted by Gasteiger charge is -1.93. The molecule has 4 nitrogen and oxygen atoms in total.